The molecule has 0 radical (unpaired) electrons. The summed E-state index contributed by atoms with van der Waals surface area (Å²) in [5.41, 5.74) is 6.95. The Balaban J connectivity index is 2.24. The summed E-state index contributed by atoms with van der Waals surface area (Å²) in [6, 6.07) is 20.6. The van der Waals surface area contributed by atoms with Crippen LogP contribution in [0, 0.1) is 0 Å². The molecule has 0 heterocycles. The van der Waals surface area contributed by atoms with Crippen molar-refractivity contribution in [1.82, 2.24) is 5.32 Å². The second kappa shape index (κ2) is 7.71. The van der Waals surface area contributed by atoms with Gasteiger partial charge in [0.05, 0.1) is 4.90 Å². The minimum atomic E-state index is -4.10. The van der Waals surface area contributed by atoms with Crippen molar-refractivity contribution in [2.45, 2.75) is 30.0 Å². The van der Waals surface area contributed by atoms with E-state index in [0.717, 1.165) is 5.39 Å². The molecule has 0 saturated heterocycles. The van der Waals surface area contributed by atoms with Crippen molar-refractivity contribution >= 4 is 26.6 Å². The van der Waals surface area contributed by atoms with Crippen molar-refractivity contribution < 1.29 is 17.9 Å². The van der Waals surface area contributed by atoms with Crippen LogP contribution in [-0.4, -0.2) is 20.6 Å². The van der Waals surface area contributed by atoms with Crippen LogP contribution in [0.4, 0.5) is 0 Å². The third-order valence-corrected chi connectivity index (χ3v) is 6.51. The standard InChI is InChI=1S/C21H22N2O4S/c1-15(27-16(2)24)23-21(22,28(25,26)18-11-4-3-5-12-18)20-14-8-10-17-9-6-7-13-19(17)20/h3-15,23H,22H2,1-2H3. The third-order valence-electron chi connectivity index (χ3n) is 4.43. The van der Waals surface area contributed by atoms with Crippen LogP contribution < -0.4 is 11.1 Å². The SMILES string of the molecule is CC(=O)OC(C)NC(N)(c1cccc2ccccc12)S(=O)(=O)c1ccccc1. The molecular weight excluding hydrogens is 376 g/mol. The Kier molecular flexibility index (Phi) is 5.51. The largest absolute Gasteiger partial charge is 0.447 e. The molecule has 3 aromatic carbocycles. The van der Waals surface area contributed by atoms with Crippen LogP contribution in [0.5, 0.6) is 0 Å². The summed E-state index contributed by atoms with van der Waals surface area (Å²) in [7, 11) is -4.10. The molecule has 7 heteroatoms. The van der Waals surface area contributed by atoms with Crippen molar-refractivity contribution in [3.8, 4) is 0 Å². The molecule has 0 aromatic heterocycles. The topological polar surface area (TPSA) is 98.5 Å². The average molecular weight is 398 g/mol. The molecule has 28 heavy (non-hydrogen) atoms. The lowest BCUT2D eigenvalue weighted by Gasteiger charge is -2.34. The van der Waals surface area contributed by atoms with Crippen molar-refractivity contribution in [3.63, 3.8) is 0 Å². The van der Waals surface area contributed by atoms with Gasteiger partial charge in [-0.2, -0.15) is 0 Å². The van der Waals surface area contributed by atoms with Gasteiger partial charge in [0, 0.05) is 12.5 Å². The number of benzene rings is 3. The van der Waals surface area contributed by atoms with E-state index in [1.807, 2.05) is 30.3 Å². The zero-order valence-corrected chi connectivity index (χ0v) is 16.4. The summed E-state index contributed by atoms with van der Waals surface area (Å²) in [5.74, 6) is -0.544. The van der Waals surface area contributed by atoms with Gasteiger partial charge in [-0.15, -0.1) is 0 Å². The average Bonchev–Trinajstić information content (AvgIpc) is 2.67. The zero-order valence-electron chi connectivity index (χ0n) is 15.6. The maximum Gasteiger partial charge on any atom is 0.304 e. The number of hydrogen-bond acceptors (Lipinski definition) is 6. The van der Waals surface area contributed by atoms with Crippen LogP contribution in [-0.2, 0) is 24.4 Å². The van der Waals surface area contributed by atoms with E-state index in [-0.39, 0.29) is 4.90 Å². The van der Waals surface area contributed by atoms with E-state index < -0.39 is 27.0 Å². The Labute approximate surface area is 164 Å². The maximum absolute atomic E-state index is 13.6. The van der Waals surface area contributed by atoms with E-state index in [9.17, 15) is 13.2 Å². The number of nitrogens with two attached hydrogens (primary N) is 1. The van der Waals surface area contributed by atoms with E-state index in [0.29, 0.717) is 10.9 Å². The molecule has 3 N–H and O–H groups in total. The molecular formula is C21H22N2O4S. The molecule has 0 bridgehead atoms. The van der Waals surface area contributed by atoms with Crippen molar-refractivity contribution in [1.29, 1.82) is 0 Å². The van der Waals surface area contributed by atoms with Gasteiger partial charge >= 0.3 is 5.97 Å². The molecule has 3 aromatic rings. The number of fused-ring (bicyclic) bond motifs is 1. The molecule has 0 amide bonds. The number of sulfone groups is 1. The summed E-state index contributed by atoms with van der Waals surface area (Å²) in [4.78, 5) is 9.40. The molecule has 0 fully saturated rings. The molecule has 0 spiro atoms. The molecule has 3 rings (SSSR count). The molecule has 2 unspecified atom stereocenters. The van der Waals surface area contributed by atoms with E-state index in [4.69, 9.17) is 10.5 Å². The molecule has 0 aliphatic heterocycles. The van der Waals surface area contributed by atoms with Crippen molar-refractivity contribution in [2.75, 3.05) is 0 Å². The van der Waals surface area contributed by atoms with Crippen LogP contribution in [0.25, 0.3) is 10.8 Å². The summed E-state index contributed by atoms with van der Waals surface area (Å²) < 4.78 is 32.3. The number of carbonyl (C=O) groups is 1. The van der Waals surface area contributed by atoms with Gasteiger partial charge in [-0.3, -0.25) is 10.5 Å². The van der Waals surface area contributed by atoms with Gasteiger partial charge in [0.25, 0.3) is 0 Å². The highest BCUT2D eigenvalue weighted by Crippen LogP contribution is 2.34. The lowest BCUT2D eigenvalue weighted by atomic mass is 10.0. The van der Waals surface area contributed by atoms with Gasteiger partial charge in [0.15, 0.2) is 6.23 Å². The second-order valence-electron chi connectivity index (χ2n) is 6.47. The lowest BCUT2D eigenvalue weighted by molar-refractivity contribution is -0.147. The Hall–Kier alpha value is -2.74. The van der Waals surface area contributed by atoms with Gasteiger partial charge in [0.2, 0.25) is 14.8 Å². The Morgan fingerprint density at radius 3 is 2.29 bits per heavy atom. The van der Waals surface area contributed by atoms with E-state index in [1.54, 1.807) is 30.3 Å². The molecule has 0 aliphatic carbocycles. The minimum absolute atomic E-state index is 0.0629. The fourth-order valence-corrected chi connectivity index (χ4v) is 4.89. The second-order valence-corrected chi connectivity index (χ2v) is 8.60. The number of esters is 1. The number of rotatable bonds is 6. The van der Waals surface area contributed by atoms with Gasteiger partial charge < -0.3 is 4.74 Å². The molecule has 6 nitrogen and oxygen atoms in total. The number of ether oxygens (including phenoxy) is 1. The highest BCUT2D eigenvalue weighted by atomic mass is 32.2. The first-order chi connectivity index (χ1) is 13.3. The molecule has 0 saturated carbocycles. The number of nitrogens with one attached hydrogen (secondary N) is 1. The lowest BCUT2D eigenvalue weighted by Crippen LogP contribution is -2.59. The first kappa shape index (κ1) is 20.0. The van der Waals surface area contributed by atoms with Gasteiger partial charge in [0.1, 0.15) is 0 Å². The van der Waals surface area contributed by atoms with Crippen LogP contribution in [0.15, 0.2) is 77.7 Å². The normalized spacial score (nSPS) is 15.0. The molecule has 0 aliphatic rings. The van der Waals surface area contributed by atoms with Gasteiger partial charge in [-0.25, -0.2) is 13.7 Å². The van der Waals surface area contributed by atoms with Crippen LogP contribution >= 0.6 is 0 Å². The van der Waals surface area contributed by atoms with E-state index in [2.05, 4.69) is 5.32 Å². The van der Waals surface area contributed by atoms with E-state index >= 15 is 0 Å². The molecule has 146 valence electrons. The predicted molar refractivity (Wildman–Crippen MR) is 108 cm³/mol. The van der Waals surface area contributed by atoms with Gasteiger partial charge in [-0.1, -0.05) is 60.7 Å². The first-order valence-electron chi connectivity index (χ1n) is 8.77. The third kappa shape index (κ3) is 3.64. The molecule has 2 atom stereocenters. The summed E-state index contributed by atoms with van der Waals surface area (Å²) in [5, 5.41) is 4.36. The van der Waals surface area contributed by atoms with Crippen molar-refractivity contribution in [2.24, 2.45) is 5.73 Å². The number of hydrogen-bond donors (Lipinski definition) is 2. The predicted octanol–water partition coefficient (Wildman–Crippen LogP) is 2.88. The minimum Gasteiger partial charge on any atom is -0.447 e. The highest BCUT2D eigenvalue weighted by molar-refractivity contribution is 7.92. The first-order valence-corrected chi connectivity index (χ1v) is 10.3. The van der Waals surface area contributed by atoms with E-state index in [1.165, 1.54) is 26.0 Å². The monoisotopic (exact) mass is 398 g/mol. The Morgan fingerprint density at radius 1 is 1.00 bits per heavy atom. The summed E-state index contributed by atoms with van der Waals surface area (Å²) in [6.07, 6.45) is -0.931. The zero-order chi connectivity index (χ0) is 20.4. The van der Waals surface area contributed by atoms with Crippen LogP contribution in [0.1, 0.15) is 19.4 Å². The smallest absolute Gasteiger partial charge is 0.304 e. The van der Waals surface area contributed by atoms with Crippen LogP contribution in [0.3, 0.4) is 0 Å². The van der Waals surface area contributed by atoms with Crippen molar-refractivity contribution in [3.05, 3.63) is 78.4 Å². The quantitative estimate of drug-likeness (QED) is 0.489. The van der Waals surface area contributed by atoms with Gasteiger partial charge in [-0.05, 0) is 29.8 Å². The van der Waals surface area contributed by atoms with Crippen LogP contribution in [0.2, 0.25) is 0 Å². The Bertz CT molecular complexity index is 1090. The summed E-state index contributed by atoms with van der Waals surface area (Å²) in [6.45, 7) is 2.79. The highest BCUT2D eigenvalue weighted by Gasteiger charge is 2.45. The maximum atomic E-state index is 13.6. The fraction of sp³-hybridized carbons (Fsp3) is 0.190. The number of carbonyl (C=O) groups excluding carboxylic acids is 1. The fourth-order valence-electron chi connectivity index (χ4n) is 3.22. The Morgan fingerprint density at radius 2 is 1.61 bits per heavy atom. The summed E-state index contributed by atoms with van der Waals surface area (Å²) >= 11 is 0.